The van der Waals surface area contributed by atoms with Crippen molar-refractivity contribution in [1.29, 1.82) is 0 Å². The van der Waals surface area contributed by atoms with E-state index in [0.29, 0.717) is 31.9 Å². The lowest BCUT2D eigenvalue weighted by molar-refractivity contribution is -0.117. The van der Waals surface area contributed by atoms with Crippen LogP contribution in [0.4, 0.5) is 5.69 Å². The number of amides is 1. The molecule has 0 saturated heterocycles. The maximum absolute atomic E-state index is 12.9. The molecule has 7 nitrogen and oxygen atoms in total. The van der Waals surface area contributed by atoms with Gasteiger partial charge in [-0.1, -0.05) is 35.3 Å². The van der Waals surface area contributed by atoms with E-state index < -0.39 is 11.5 Å². The van der Waals surface area contributed by atoms with E-state index >= 15 is 0 Å². The average Bonchev–Trinajstić information content (AvgIpc) is 3.14. The normalized spacial score (nSPS) is 11.0. The molecule has 4 aromatic rings. The molecule has 0 atom stereocenters. The monoisotopic (exact) mass is 474 g/mol. The van der Waals surface area contributed by atoms with E-state index in [4.69, 9.17) is 27.9 Å². The Morgan fingerprint density at radius 2 is 2.00 bits per heavy atom. The Hall–Kier alpha value is -2.94. The Kier molecular flexibility index (Phi) is 5.95. The second-order valence-corrected chi connectivity index (χ2v) is 8.65. The molecule has 1 amide bonds. The minimum atomic E-state index is -0.435. The van der Waals surface area contributed by atoms with Crippen molar-refractivity contribution in [2.45, 2.75) is 13.5 Å². The van der Waals surface area contributed by atoms with Crippen molar-refractivity contribution in [2.75, 3.05) is 12.4 Å². The number of ether oxygens (including phenoxy) is 1. The SMILES string of the molecule is COc1cccc(-c2nn(CC(=O)Nc3ccc(Cl)c(Cl)c3)c(=O)c3nc(C)sc23)c1. The number of benzene rings is 2. The Morgan fingerprint density at radius 1 is 1.19 bits per heavy atom. The number of fused-ring (bicyclic) bond motifs is 1. The first-order valence-corrected chi connectivity index (χ1v) is 10.7. The molecule has 0 aliphatic heterocycles. The fourth-order valence-corrected chi connectivity index (χ4v) is 4.26. The van der Waals surface area contributed by atoms with Gasteiger partial charge in [0.05, 0.1) is 26.9 Å². The number of methoxy groups -OCH3 is 1. The van der Waals surface area contributed by atoms with Gasteiger partial charge < -0.3 is 10.1 Å². The molecule has 2 aromatic carbocycles. The van der Waals surface area contributed by atoms with Crippen LogP contribution < -0.4 is 15.6 Å². The molecule has 158 valence electrons. The number of aryl methyl sites for hydroxylation is 1. The lowest BCUT2D eigenvalue weighted by Crippen LogP contribution is -2.30. The molecule has 0 aliphatic rings. The van der Waals surface area contributed by atoms with E-state index in [1.54, 1.807) is 19.2 Å². The summed E-state index contributed by atoms with van der Waals surface area (Å²) in [4.78, 5) is 29.9. The zero-order chi connectivity index (χ0) is 22.1. The van der Waals surface area contributed by atoms with Crippen LogP contribution in [0.15, 0.2) is 47.3 Å². The van der Waals surface area contributed by atoms with Gasteiger partial charge in [0.25, 0.3) is 5.56 Å². The highest BCUT2D eigenvalue weighted by molar-refractivity contribution is 7.19. The minimum Gasteiger partial charge on any atom is -0.497 e. The number of aromatic nitrogens is 3. The van der Waals surface area contributed by atoms with Gasteiger partial charge in [-0.05, 0) is 37.3 Å². The van der Waals surface area contributed by atoms with E-state index in [1.807, 2.05) is 31.2 Å². The summed E-state index contributed by atoms with van der Waals surface area (Å²) in [6, 6.07) is 12.1. The quantitative estimate of drug-likeness (QED) is 0.449. The summed E-state index contributed by atoms with van der Waals surface area (Å²) < 4.78 is 7.08. The molecule has 0 fully saturated rings. The third-order valence-electron chi connectivity index (χ3n) is 4.45. The summed E-state index contributed by atoms with van der Waals surface area (Å²) in [7, 11) is 1.58. The van der Waals surface area contributed by atoms with Crippen molar-refractivity contribution < 1.29 is 9.53 Å². The molecule has 10 heteroatoms. The van der Waals surface area contributed by atoms with Crippen molar-refractivity contribution in [3.05, 3.63) is 67.9 Å². The van der Waals surface area contributed by atoms with Crippen molar-refractivity contribution >= 4 is 56.3 Å². The number of nitrogens with zero attached hydrogens (tertiary/aromatic N) is 3. The third kappa shape index (κ3) is 4.41. The van der Waals surface area contributed by atoms with Crippen LogP contribution in [-0.2, 0) is 11.3 Å². The van der Waals surface area contributed by atoms with Crippen molar-refractivity contribution in [3.63, 3.8) is 0 Å². The average molecular weight is 475 g/mol. The zero-order valence-corrected chi connectivity index (χ0v) is 18.8. The summed E-state index contributed by atoms with van der Waals surface area (Å²) in [6.45, 7) is 1.53. The van der Waals surface area contributed by atoms with Gasteiger partial charge in [0, 0.05) is 11.3 Å². The highest BCUT2D eigenvalue weighted by Crippen LogP contribution is 2.31. The Bertz CT molecular complexity index is 1370. The van der Waals surface area contributed by atoms with Gasteiger partial charge in [0.1, 0.15) is 18.0 Å². The maximum Gasteiger partial charge on any atom is 0.294 e. The molecule has 2 aromatic heterocycles. The molecule has 0 spiro atoms. The molecule has 0 radical (unpaired) electrons. The van der Waals surface area contributed by atoms with E-state index in [2.05, 4.69) is 15.4 Å². The van der Waals surface area contributed by atoms with Gasteiger partial charge in [-0.15, -0.1) is 11.3 Å². The standard InChI is InChI=1S/C21H16Cl2N4O3S/c1-11-24-19-20(31-11)18(12-4-3-5-14(8-12)30-2)26-27(21(19)29)10-17(28)25-13-6-7-15(22)16(23)9-13/h3-9H,10H2,1-2H3,(H,25,28). The fraction of sp³-hybridized carbons (Fsp3) is 0.143. The van der Waals surface area contributed by atoms with Crippen LogP contribution in [-0.4, -0.2) is 27.8 Å². The Labute approximate surface area is 191 Å². The summed E-state index contributed by atoms with van der Waals surface area (Å²) in [5.74, 6) is 0.222. The number of carbonyl (C=O) groups is 1. The smallest absolute Gasteiger partial charge is 0.294 e. The lowest BCUT2D eigenvalue weighted by Gasteiger charge is -2.10. The summed E-state index contributed by atoms with van der Waals surface area (Å²) in [5.41, 5.74) is 1.62. The molecule has 0 saturated carbocycles. The topological polar surface area (TPSA) is 86.1 Å². The van der Waals surface area contributed by atoms with Crippen LogP contribution in [0.1, 0.15) is 5.01 Å². The van der Waals surface area contributed by atoms with E-state index in [9.17, 15) is 9.59 Å². The molecule has 0 unspecified atom stereocenters. The highest BCUT2D eigenvalue weighted by atomic mass is 35.5. The number of thiazole rings is 1. The van der Waals surface area contributed by atoms with E-state index in [1.165, 1.54) is 17.4 Å². The molecule has 1 N–H and O–H groups in total. The molecule has 0 bridgehead atoms. The molecular formula is C21H16Cl2N4O3S. The number of hydrogen-bond donors (Lipinski definition) is 1. The zero-order valence-electron chi connectivity index (χ0n) is 16.5. The number of nitrogens with one attached hydrogen (secondary N) is 1. The molecule has 0 aliphatic carbocycles. The largest absolute Gasteiger partial charge is 0.497 e. The van der Waals surface area contributed by atoms with Crippen LogP contribution in [0, 0.1) is 6.92 Å². The first-order chi connectivity index (χ1) is 14.9. The van der Waals surface area contributed by atoms with E-state index in [0.717, 1.165) is 15.3 Å². The maximum atomic E-state index is 12.9. The number of carbonyl (C=O) groups excluding carboxylic acids is 1. The number of rotatable bonds is 5. The Morgan fingerprint density at radius 3 is 2.74 bits per heavy atom. The lowest BCUT2D eigenvalue weighted by atomic mass is 10.1. The first kappa shape index (κ1) is 21.3. The molecular weight excluding hydrogens is 459 g/mol. The van der Waals surface area contributed by atoms with Crippen LogP contribution in [0.5, 0.6) is 5.75 Å². The second kappa shape index (κ2) is 8.66. The van der Waals surface area contributed by atoms with Gasteiger partial charge in [-0.3, -0.25) is 9.59 Å². The van der Waals surface area contributed by atoms with Gasteiger partial charge in [-0.25, -0.2) is 9.67 Å². The Balaban J connectivity index is 1.73. The van der Waals surface area contributed by atoms with Crippen LogP contribution in [0.3, 0.4) is 0 Å². The van der Waals surface area contributed by atoms with Gasteiger partial charge in [-0.2, -0.15) is 5.10 Å². The third-order valence-corrected chi connectivity index (χ3v) is 6.16. The summed E-state index contributed by atoms with van der Waals surface area (Å²) in [5, 5.41) is 8.61. The van der Waals surface area contributed by atoms with Crippen molar-refractivity contribution in [3.8, 4) is 17.0 Å². The molecule has 2 heterocycles. The number of hydrogen-bond acceptors (Lipinski definition) is 6. The van der Waals surface area contributed by atoms with Gasteiger partial charge in [0.2, 0.25) is 5.91 Å². The van der Waals surface area contributed by atoms with Crippen LogP contribution >= 0.6 is 34.5 Å². The first-order valence-electron chi connectivity index (χ1n) is 9.13. The van der Waals surface area contributed by atoms with Crippen molar-refractivity contribution in [2.24, 2.45) is 0 Å². The predicted molar refractivity (Wildman–Crippen MR) is 123 cm³/mol. The highest BCUT2D eigenvalue weighted by Gasteiger charge is 2.18. The minimum absolute atomic E-state index is 0.276. The van der Waals surface area contributed by atoms with Crippen LogP contribution in [0.25, 0.3) is 21.5 Å². The van der Waals surface area contributed by atoms with E-state index in [-0.39, 0.29) is 12.1 Å². The van der Waals surface area contributed by atoms with Gasteiger partial charge >= 0.3 is 0 Å². The number of halogens is 2. The molecule has 4 rings (SSSR count). The van der Waals surface area contributed by atoms with Crippen molar-refractivity contribution in [1.82, 2.24) is 14.8 Å². The predicted octanol–water partition coefficient (Wildman–Crippen LogP) is 4.78. The summed E-state index contributed by atoms with van der Waals surface area (Å²) in [6.07, 6.45) is 0. The van der Waals surface area contributed by atoms with Gasteiger partial charge in [0.15, 0.2) is 5.52 Å². The summed E-state index contributed by atoms with van der Waals surface area (Å²) >= 11 is 13.3. The number of anilines is 1. The molecule has 31 heavy (non-hydrogen) atoms. The van der Waals surface area contributed by atoms with Crippen LogP contribution in [0.2, 0.25) is 10.0 Å². The second-order valence-electron chi connectivity index (χ2n) is 6.63. The fourth-order valence-electron chi connectivity index (χ4n) is 3.04.